The van der Waals surface area contributed by atoms with E-state index < -0.39 is 0 Å². The van der Waals surface area contributed by atoms with Crippen molar-refractivity contribution in [3.8, 4) is 0 Å². The molecule has 2 saturated heterocycles. The minimum absolute atomic E-state index is 0.262. The van der Waals surface area contributed by atoms with Gasteiger partial charge in [0.25, 0.3) is 0 Å². The molecule has 4 heteroatoms. The lowest BCUT2D eigenvalue weighted by Gasteiger charge is -2.39. The Hall–Kier alpha value is -0.610. The minimum Gasteiger partial charge on any atom is -0.381 e. The Kier molecular flexibility index (Phi) is 3.09. The fourth-order valence-corrected chi connectivity index (χ4v) is 3.26. The smallest absolute Gasteiger partial charge is 0.223 e. The van der Waals surface area contributed by atoms with E-state index in [9.17, 15) is 4.79 Å². The summed E-state index contributed by atoms with van der Waals surface area (Å²) in [5.41, 5.74) is 0.262. The highest BCUT2D eigenvalue weighted by atomic mass is 16.5. The second kappa shape index (κ2) is 4.58. The van der Waals surface area contributed by atoms with Gasteiger partial charge in [-0.3, -0.25) is 4.79 Å². The summed E-state index contributed by atoms with van der Waals surface area (Å²) in [4.78, 5) is 11.9. The van der Waals surface area contributed by atoms with Crippen LogP contribution in [-0.4, -0.2) is 38.8 Å². The third-order valence-electron chi connectivity index (χ3n) is 4.89. The van der Waals surface area contributed by atoms with Crippen LogP contribution < -0.4 is 10.6 Å². The minimum atomic E-state index is 0.262. The number of rotatable bonds is 3. The highest BCUT2D eigenvalue weighted by Crippen LogP contribution is 2.38. The fraction of sp³-hybridized carbons (Fsp3) is 0.923. The molecular weight excluding hydrogens is 216 g/mol. The number of ether oxygens (including phenoxy) is 1. The van der Waals surface area contributed by atoms with Gasteiger partial charge in [0.15, 0.2) is 0 Å². The molecule has 2 heterocycles. The highest BCUT2D eigenvalue weighted by Gasteiger charge is 2.45. The van der Waals surface area contributed by atoms with Gasteiger partial charge in [-0.1, -0.05) is 6.42 Å². The van der Waals surface area contributed by atoms with Gasteiger partial charge in [0, 0.05) is 43.5 Å². The molecule has 0 aromatic carbocycles. The van der Waals surface area contributed by atoms with E-state index in [0.717, 1.165) is 52.1 Å². The van der Waals surface area contributed by atoms with Crippen LogP contribution in [0.15, 0.2) is 0 Å². The lowest BCUT2D eigenvalue weighted by molar-refractivity contribution is -0.128. The predicted molar refractivity (Wildman–Crippen MR) is 64.6 cm³/mol. The van der Waals surface area contributed by atoms with Gasteiger partial charge in [-0.2, -0.15) is 0 Å². The first-order valence-corrected chi connectivity index (χ1v) is 6.86. The number of amides is 1. The molecule has 0 aromatic heterocycles. The molecule has 17 heavy (non-hydrogen) atoms. The van der Waals surface area contributed by atoms with Crippen molar-refractivity contribution in [3.05, 3.63) is 0 Å². The van der Waals surface area contributed by atoms with Crippen molar-refractivity contribution in [1.82, 2.24) is 10.6 Å². The fourth-order valence-electron chi connectivity index (χ4n) is 3.26. The molecule has 3 aliphatic rings. The van der Waals surface area contributed by atoms with Gasteiger partial charge >= 0.3 is 0 Å². The van der Waals surface area contributed by atoms with Crippen LogP contribution in [0.1, 0.15) is 25.7 Å². The maximum atomic E-state index is 11.9. The van der Waals surface area contributed by atoms with Gasteiger partial charge < -0.3 is 15.4 Å². The van der Waals surface area contributed by atoms with Crippen LogP contribution in [0.5, 0.6) is 0 Å². The van der Waals surface area contributed by atoms with Gasteiger partial charge in [-0.25, -0.2) is 0 Å². The summed E-state index contributed by atoms with van der Waals surface area (Å²) in [5, 5.41) is 6.64. The first-order chi connectivity index (χ1) is 8.30. The van der Waals surface area contributed by atoms with E-state index in [1.807, 2.05) is 0 Å². The third kappa shape index (κ3) is 2.08. The summed E-state index contributed by atoms with van der Waals surface area (Å²) in [7, 11) is 0. The van der Waals surface area contributed by atoms with E-state index in [4.69, 9.17) is 4.74 Å². The summed E-state index contributed by atoms with van der Waals surface area (Å²) in [6, 6.07) is 0. The Labute approximate surface area is 102 Å². The first kappa shape index (κ1) is 11.5. The van der Waals surface area contributed by atoms with Crippen LogP contribution in [0.25, 0.3) is 0 Å². The lowest BCUT2D eigenvalue weighted by atomic mass is 9.74. The molecule has 0 bridgehead atoms. The quantitative estimate of drug-likeness (QED) is 0.754. The van der Waals surface area contributed by atoms with E-state index in [0.29, 0.717) is 11.8 Å². The van der Waals surface area contributed by atoms with Crippen LogP contribution in [0.4, 0.5) is 0 Å². The van der Waals surface area contributed by atoms with E-state index >= 15 is 0 Å². The second-order valence-electron chi connectivity index (χ2n) is 5.86. The van der Waals surface area contributed by atoms with Crippen LogP contribution in [0.3, 0.4) is 0 Å². The lowest BCUT2D eigenvalue weighted by Crippen LogP contribution is -2.48. The summed E-state index contributed by atoms with van der Waals surface area (Å²) < 4.78 is 5.54. The topological polar surface area (TPSA) is 50.4 Å². The molecular formula is C13H22N2O2. The third-order valence-corrected chi connectivity index (χ3v) is 4.89. The van der Waals surface area contributed by atoms with Gasteiger partial charge in [-0.05, 0) is 19.3 Å². The first-order valence-electron chi connectivity index (χ1n) is 6.86. The molecule has 3 fully saturated rings. The zero-order chi connectivity index (χ0) is 11.7. The molecule has 0 radical (unpaired) electrons. The van der Waals surface area contributed by atoms with Crippen molar-refractivity contribution in [2.75, 3.05) is 32.8 Å². The summed E-state index contributed by atoms with van der Waals surface area (Å²) in [5.74, 6) is 1.17. The van der Waals surface area contributed by atoms with E-state index in [-0.39, 0.29) is 11.3 Å². The molecule has 1 amide bonds. The molecule has 4 nitrogen and oxygen atoms in total. The molecule has 3 rings (SSSR count). The van der Waals surface area contributed by atoms with Gasteiger partial charge in [0.05, 0.1) is 6.61 Å². The molecule has 2 aliphatic heterocycles. The number of carbonyl (C=O) groups is 1. The molecule has 0 spiro atoms. The van der Waals surface area contributed by atoms with Crippen LogP contribution >= 0.6 is 0 Å². The maximum absolute atomic E-state index is 11.9. The normalized spacial score (nSPS) is 37.3. The molecule has 2 atom stereocenters. The maximum Gasteiger partial charge on any atom is 0.223 e. The number of carbonyl (C=O) groups excluding carboxylic acids is 1. The number of hydrogen-bond acceptors (Lipinski definition) is 3. The monoisotopic (exact) mass is 238 g/mol. The zero-order valence-corrected chi connectivity index (χ0v) is 10.3. The molecule has 1 saturated carbocycles. The zero-order valence-electron chi connectivity index (χ0n) is 10.3. The standard InChI is InChI=1S/C13H22N2O2/c16-12(10-2-1-3-10)15-9-13-4-5-17-7-11(13)6-14-8-13/h10-11,14H,1-9H2,(H,15,16). The summed E-state index contributed by atoms with van der Waals surface area (Å²) >= 11 is 0. The Morgan fingerprint density at radius 3 is 3.12 bits per heavy atom. The Bertz CT molecular complexity index is 304. The number of fused-ring (bicyclic) bond motifs is 1. The molecule has 2 N–H and O–H groups in total. The SMILES string of the molecule is O=C(NCC12CCOCC1CNC2)C1CCC1. The number of nitrogens with one attached hydrogen (secondary N) is 2. The average Bonchev–Trinajstić information content (AvgIpc) is 2.68. The Morgan fingerprint density at radius 1 is 1.47 bits per heavy atom. The van der Waals surface area contributed by atoms with Crippen molar-refractivity contribution in [2.45, 2.75) is 25.7 Å². The van der Waals surface area contributed by atoms with Crippen molar-refractivity contribution in [3.63, 3.8) is 0 Å². The van der Waals surface area contributed by atoms with Gasteiger partial charge in [0.2, 0.25) is 5.91 Å². The van der Waals surface area contributed by atoms with E-state index in [2.05, 4.69) is 10.6 Å². The highest BCUT2D eigenvalue weighted by molar-refractivity contribution is 5.79. The summed E-state index contributed by atoms with van der Waals surface area (Å²) in [6.45, 7) is 4.61. The Balaban J connectivity index is 1.56. The van der Waals surface area contributed by atoms with Crippen molar-refractivity contribution < 1.29 is 9.53 Å². The van der Waals surface area contributed by atoms with E-state index in [1.54, 1.807) is 0 Å². The Morgan fingerprint density at radius 2 is 2.35 bits per heavy atom. The largest absolute Gasteiger partial charge is 0.381 e. The van der Waals surface area contributed by atoms with E-state index in [1.165, 1.54) is 6.42 Å². The van der Waals surface area contributed by atoms with Crippen molar-refractivity contribution >= 4 is 5.91 Å². The predicted octanol–water partition coefficient (Wildman–Crippen LogP) is 0.529. The van der Waals surface area contributed by atoms with Gasteiger partial charge in [0.1, 0.15) is 0 Å². The molecule has 1 aliphatic carbocycles. The van der Waals surface area contributed by atoms with Crippen LogP contribution in [-0.2, 0) is 9.53 Å². The molecule has 0 aromatic rings. The average molecular weight is 238 g/mol. The molecule has 96 valence electrons. The second-order valence-corrected chi connectivity index (χ2v) is 5.86. The summed E-state index contributed by atoms with van der Waals surface area (Å²) in [6.07, 6.45) is 4.48. The van der Waals surface area contributed by atoms with Crippen LogP contribution in [0.2, 0.25) is 0 Å². The van der Waals surface area contributed by atoms with Crippen molar-refractivity contribution in [1.29, 1.82) is 0 Å². The number of hydrogen-bond donors (Lipinski definition) is 2. The van der Waals surface area contributed by atoms with Crippen LogP contribution in [0, 0.1) is 17.3 Å². The van der Waals surface area contributed by atoms with Gasteiger partial charge in [-0.15, -0.1) is 0 Å². The molecule has 2 unspecified atom stereocenters. The van der Waals surface area contributed by atoms with Crippen molar-refractivity contribution in [2.24, 2.45) is 17.3 Å².